The molecule has 28 heavy (non-hydrogen) atoms. The lowest BCUT2D eigenvalue weighted by atomic mass is 10.0. The van der Waals surface area contributed by atoms with E-state index in [0.29, 0.717) is 11.1 Å². The van der Waals surface area contributed by atoms with E-state index < -0.39 is 0 Å². The molecule has 0 spiro atoms. The molecule has 5 aromatic rings. The van der Waals surface area contributed by atoms with Gasteiger partial charge in [0.25, 0.3) is 0 Å². The van der Waals surface area contributed by atoms with Crippen LogP contribution in [0.2, 0.25) is 0 Å². The molecule has 0 aliphatic rings. The number of aromatic nitrogens is 3. The number of hydrogen-bond acceptors (Lipinski definition) is 3. The Balaban J connectivity index is 1.53. The summed E-state index contributed by atoms with van der Waals surface area (Å²) in [6.45, 7) is 0. The summed E-state index contributed by atoms with van der Waals surface area (Å²) in [7, 11) is 0. The third-order valence-corrected chi connectivity index (χ3v) is 4.88. The van der Waals surface area contributed by atoms with Crippen molar-refractivity contribution in [3.8, 4) is 34.5 Å². The molecule has 130 valence electrons. The van der Waals surface area contributed by atoms with Crippen LogP contribution in [0.1, 0.15) is 11.1 Å². The van der Waals surface area contributed by atoms with Crippen molar-refractivity contribution in [1.82, 2.24) is 14.4 Å². The zero-order chi connectivity index (χ0) is 19.1. The quantitative estimate of drug-likeness (QED) is 0.487. The second kappa shape index (κ2) is 6.12. The highest BCUT2D eigenvalue weighted by Gasteiger charge is 2.09. The van der Waals surface area contributed by atoms with Gasteiger partial charge in [0, 0.05) is 40.6 Å². The first-order chi connectivity index (χ1) is 13.7. The van der Waals surface area contributed by atoms with Crippen LogP contribution in [-0.2, 0) is 0 Å². The third-order valence-electron chi connectivity index (χ3n) is 4.88. The highest BCUT2D eigenvalue weighted by atomic mass is 15.0. The van der Waals surface area contributed by atoms with Gasteiger partial charge in [0.2, 0.25) is 0 Å². The summed E-state index contributed by atoms with van der Waals surface area (Å²) in [6, 6.07) is 21.8. The van der Waals surface area contributed by atoms with Gasteiger partial charge in [-0.2, -0.15) is 10.5 Å². The fourth-order valence-corrected chi connectivity index (χ4v) is 3.45. The number of hydrogen-bond donors (Lipinski definition) is 1. The van der Waals surface area contributed by atoms with Crippen molar-refractivity contribution in [2.24, 2.45) is 0 Å². The first kappa shape index (κ1) is 15.9. The molecule has 0 saturated heterocycles. The molecule has 5 nitrogen and oxygen atoms in total. The Labute approximate surface area is 160 Å². The van der Waals surface area contributed by atoms with Gasteiger partial charge in [-0.1, -0.05) is 30.3 Å². The monoisotopic (exact) mass is 359 g/mol. The normalized spacial score (nSPS) is 10.8. The number of aromatic amines is 1. The highest BCUT2D eigenvalue weighted by molar-refractivity contribution is 5.96. The summed E-state index contributed by atoms with van der Waals surface area (Å²) < 4.78 is 1.87. The number of benzene rings is 2. The van der Waals surface area contributed by atoms with Gasteiger partial charge in [-0.3, -0.25) is 0 Å². The Morgan fingerprint density at radius 2 is 1.57 bits per heavy atom. The molecule has 0 saturated carbocycles. The molecule has 0 aliphatic heterocycles. The molecule has 0 unspecified atom stereocenters. The zero-order valence-corrected chi connectivity index (χ0v) is 14.7. The minimum atomic E-state index is 0.602. The molecule has 0 fully saturated rings. The second-order valence-corrected chi connectivity index (χ2v) is 6.57. The molecule has 1 N–H and O–H groups in total. The SMILES string of the molecule is N#Cc1ccc2c(-c3ccc(-c4cn5cc(C#N)ccc5n4)cc3)c[nH]c2c1. The first-order valence-electron chi connectivity index (χ1n) is 8.76. The molecule has 0 atom stereocenters. The van der Waals surface area contributed by atoms with Crippen LogP contribution >= 0.6 is 0 Å². The Morgan fingerprint density at radius 3 is 2.36 bits per heavy atom. The maximum absolute atomic E-state index is 9.05. The van der Waals surface area contributed by atoms with Crippen LogP contribution in [0, 0.1) is 22.7 Å². The van der Waals surface area contributed by atoms with Crippen molar-refractivity contribution < 1.29 is 0 Å². The van der Waals surface area contributed by atoms with Gasteiger partial charge in [-0.05, 0) is 29.8 Å². The molecule has 3 heterocycles. The predicted octanol–water partition coefficient (Wildman–Crippen LogP) is 4.89. The van der Waals surface area contributed by atoms with Crippen molar-refractivity contribution in [1.29, 1.82) is 10.5 Å². The van der Waals surface area contributed by atoms with Crippen LogP contribution in [0.15, 0.2) is 73.2 Å². The van der Waals surface area contributed by atoms with E-state index in [2.05, 4.69) is 34.2 Å². The van der Waals surface area contributed by atoms with Crippen molar-refractivity contribution in [3.05, 3.63) is 84.3 Å². The maximum Gasteiger partial charge on any atom is 0.137 e. The maximum atomic E-state index is 9.05. The van der Waals surface area contributed by atoms with Crippen LogP contribution in [0.5, 0.6) is 0 Å². The van der Waals surface area contributed by atoms with E-state index in [0.717, 1.165) is 38.9 Å². The predicted molar refractivity (Wildman–Crippen MR) is 107 cm³/mol. The lowest BCUT2D eigenvalue weighted by Crippen LogP contribution is -1.83. The van der Waals surface area contributed by atoms with Crippen LogP contribution in [-0.4, -0.2) is 14.4 Å². The average molecular weight is 359 g/mol. The van der Waals surface area contributed by atoms with Gasteiger partial charge >= 0.3 is 0 Å². The molecule has 3 aromatic heterocycles. The summed E-state index contributed by atoms with van der Waals surface area (Å²) in [5.74, 6) is 0. The van der Waals surface area contributed by atoms with E-state index in [1.165, 1.54) is 0 Å². The number of imidazole rings is 1. The highest BCUT2D eigenvalue weighted by Crippen LogP contribution is 2.31. The number of H-pyrrole nitrogens is 1. The molecule has 2 aromatic carbocycles. The summed E-state index contributed by atoms with van der Waals surface area (Å²) in [5, 5.41) is 19.2. The van der Waals surface area contributed by atoms with Gasteiger partial charge in [0.1, 0.15) is 11.7 Å². The molecular formula is C23H13N5. The van der Waals surface area contributed by atoms with E-state index in [1.807, 2.05) is 53.2 Å². The molecule has 0 radical (unpaired) electrons. The Kier molecular flexibility index (Phi) is 3.47. The van der Waals surface area contributed by atoms with Crippen molar-refractivity contribution in [2.75, 3.05) is 0 Å². The van der Waals surface area contributed by atoms with E-state index >= 15 is 0 Å². The molecule has 0 bridgehead atoms. The number of rotatable bonds is 2. The lowest BCUT2D eigenvalue weighted by Gasteiger charge is -2.02. The minimum Gasteiger partial charge on any atom is -0.361 e. The molecule has 5 heteroatoms. The van der Waals surface area contributed by atoms with E-state index in [9.17, 15) is 0 Å². The summed E-state index contributed by atoms with van der Waals surface area (Å²) in [6.07, 6.45) is 5.68. The number of nitriles is 2. The number of fused-ring (bicyclic) bond motifs is 2. The summed E-state index contributed by atoms with van der Waals surface area (Å²) in [5.41, 5.74) is 7.06. The van der Waals surface area contributed by atoms with Crippen LogP contribution in [0.4, 0.5) is 0 Å². The fourth-order valence-electron chi connectivity index (χ4n) is 3.45. The van der Waals surface area contributed by atoms with Gasteiger partial charge in [-0.25, -0.2) is 4.98 Å². The smallest absolute Gasteiger partial charge is 0.137 e. The molecular weight excluding hydrogens is 346 g/mol. The van der Waals surface area contributed by atoms with Gasteiger partial charge < -0.3 is 9.38 Å². The Hall–Kier alpha value is -4.35. The van der Waals surface area contributed by atoms with Crippen LogP contribution < -0.4 is 0 Å². The molecule has 5 rings (SSSR count). The van der Waals surface area contributed by atoms with Gasteiger partial charge in [-0.15, -0.1) is 0 Å². The third kappa shape index (κ3) is 2.51. The number of pyridine rings is 1. The van der Waals surface area contributed by atoms with Gasteiger partial charge in [0.15, 0.2) is 0 Å². The number of nitrogens with zero attached hydrogens (tertiary/aromatic N) is 4. The van der Waals surface area contributed by atoms with E-state index in [-0.39, 0.29) is 0 Å². The fraction of sp³-hybridized carbons (Fsp3) is 0. The van der Waals surface area contributed by atoms with Crippen LogP contribution in [0.25, 0.3) is 38.9 Å². The zero-order valence-electron chi connectivity index (χ0n) is 14.7. The van der Waals surface area contributed by atoms with Crippen molar-refractivity contribution >= 4 is 16.6 Å². The summed E-state index contributed by atoms with van der Waals surface area (Å²) >= 11 is 0. The van der Waals surface area contributed by atoms with Crippen molar-refractivity contribution in [3.63, 3.8) is 0 Å². The first-order valence-corrected chi connectivity index (χ1v) is 8.76. The second-order valence-electron chi connectivity index (χ2n) is 6.57. The van der Waals surface area contributed by atoms with E-state index in [4.69, 9.17) is 10.5 Å². The molecule has 0 aliphatic carbocycles. The summed E-state index contributed by atoms with van der Waals surface area (Å²) in [4.78, 5) is 7.88. The Morgan fingerprint density at radius 1 is 0.821 bits per heavy atom. The lowest BCUT2D eigenvalue weighted by molar-refractivity contribution is 1.17. The van der Waals surface area contributed by atoms with Crippen LogP contribution in [0.3, 0.4) is 0 Å². The number of nitrogens with one attached hydrogen (secondary N) is 1. The molecule has 0 amide bonds. The standard InChI is InChI=1S/C23H13N5/c24-10-15-1-7-19-20(12-26-21(19)9-15)17-3-5-18(6-4-17)22-14-28-13-16(11-25)2-8-23(28)27-22/h1-9,12-14,26H. The van der Waals surface area contributed by atoms with Gasteiger partial charge in [0.05, 0.1) is 22.9 Å². The van der Waals surface area contributed by atoms with E-state index in [1.54, 1.807) is 12.3 Å². The Bertz CT molecular complexity index is 1420. The largest absolute Gasteiger partial charge is 0.361 e. The minimum absolute atomic E-state index is 0.602. The topological polar surface area (TPSA) is 80.7 Å². The average Bonchev–Trinajstić information content (AvgIpc) is 3.36. The van der Waals surface area contributed by atoms with Crippen molar-refractivity contribution in [2.45, 2.75) is 0 Å².